The number of fused-ring (bicyclic) bond motifs is 1. The van der Waals surface area contributed by atoms with Crippen LogP contribution in [0, 0.1) is 5.92 Å². The van der Waals surface area contributed by atoms with Crippen molar-refractivity contribution in [2.75, 3.05) is 0 Å². The number of nitrogens with two attached hydrogens (primary N) is 1. The molecule has 4 rings (SSSR count). The van der Waals surface area contributed by atoms with E-state index in [1.165, 1.54) is 0 Å². The van der Waals surface area contributed by atoms with Crippen LogP contribution in [0.3, 0.4) is 0 Å². The number of rotatable bonds is 5. The first-order valence-electron chi connectivity index (χ1n) is 11.9. The number of carbonyl (C=O) groups excluding carboxylic acids is 1. The predicted octanol–water partition coefficient (Wildman–Crippen LogP) is 6.03. The van der Waals surface area contributed by atoms with Crippen LogP contribution < -0.4 is 11.1 Å². The fourth-order valence-electron chi connectivity index (χ4n) is 3.69. The van der Waals surface area contributed by atoms with E-state index >= 15 is 0 Å². The summed E-state index contributed by atoms with van der Waals surface area (Å²) in [6, 6.07) is 1.81. The van der Waals surface area contributed by atoms with Gasteiger partial charge in [0.1, 0.15) is 0 Å². The van der Waals surface area contributed by atoms with E-state index in [1.54, 1.807) is 16.9 Å². The second-order valence-corrected chi connectivity index (χ2v) is 8.38. The van der Waals surface area contributed by atoms with Crippen molar-refractivity contribution in [3.63, 3.8) is 0 Å². The zero-order chi connectivity index (χ0) is 27.4. The molecule has 0 bridgehead atoms. The van der Waals surface area contributed by atoms with Crippen LogP contribution in [0.1, 0.15) is 76.5 Å². The summed E-state index contributed by atoms with van der Waals surface area (Å²) in [5.41, 5.74) is 7.71. The third kappa shape index (κ3) is 12.0. The molecule has 6 nitrogen and oxygen atoms in total. The summed E-state index contributed by atoms with van der Waals surface area (Å²) >= 11 is 0. The van der Waals surface area contributed by atoms with Crippen LogP contribution in [-0.2, 0) is 17.9 Å². The van der Waals surface area contributed by atoms with E-state index < -0.39 is 18.5 Å². The lowest BCUT2D eigenvalue weighted by molar-refractivity contribution is -0.133. The summed E-state index contributed by atoms with van der Waals surface area (Å²) in [7, 11) is 0. The van der Waals surface area contributed by atoms with Gasteiger partial charge in [0.2, 0.25) is 17.8 Å². The molecule has 0 saturated heterocycles. The number of imidazole rings is 1. The quantitative estimate of drug-likeness (QED) is 0.463. The first kappa shape index (κ1) is 31.6. The Balaban J connectivity index is 0.000000382. The van der Waals surface area contributed by atoms with Gasteiger partial charge in [0.05, 0.1) is 18.1 Å². The van der Waals surface area contributed by atoms with Gasteiger partial charge in [-0.3, -0.25) is 4.79 Å². The number of halogens is 7. The normalized spacial score (nSPS) is 18.0. The number of aromatic nitrogens is 3. The predicted molar refractivity (Wildman–Crippen MR) is 122 cm³/mol. The Hall–Kier alpha value is -2.44. The van der Waals surface area contributed by atoms with Crippen LogP contribution in [0.2, 0.25) is 0 Å². The number of hydrogen-bond donors (Lipinski definition) is 2. The minimum Gasteiger partial charge on any atom is -0.352 e. The fourth-order valence-corrected chi connectivity index (χ4v) is 3.69. The average Bonchev–Trinajstić information content (AvgIpc) is 3.20. The topological polar surface area (TPSA) is 85.3 Å². The van der Waals surface area contributed by atoms with Crippen molar-refractivity contribution < 1.29 is 35.5 Å². The van der Waals surface area contributed by atoms with Crippen LogP contribution >= 0.6 is 0 Å². The lowest BCUT2D eigenvalue weighted by atomic mass is 9.79. The molecule has 2 saturated carbocycles. The lowest BCUT2D eigenvalue weighted by Gasteiger charge is -2.34. The molecule has 2 aliphatic rings. The molecule has 2 fully saturated rings. The molecular weight excluding hydrogens is 495 g/mol. The highest BCUT2D eigenvalue weighted by Crippen LogP contribution is 2.43. The molecule has 2 aliphatic carbocycles. The van der Waals surface area contributed by atoms with E-state index in [2.05, 4.69) is 15.4 Å². The number of hydrogen-bond acceptors (Lipinski definition) is 4. The molecule has 3 N–H and O–H groups in total. The molecule has 0 radical (unpaired) electrons. The van der Waals surface area contributed by atoms with E-state index in [0.717, 1.165) is 17.7 Å². The highest BCUT2D eigenvalue weighted by atomic mass is 19.4. The number of amides is 1. The summed E-state index contributed by atoms with van der Waals surface area (Å²) in [4.78, 5) is 16.0. The molecule has 2 aromatic heterocycles. The fraction of sp³-hybridized carbons (Fsp3) is 0.696. The van der Waals surface area contributed by atoms with E-state index in [4.69, 9.17) is 5.73 Å². The maximum absolute atomic E-state index is 12.7. The third-order valence-electron chi connectivity index (χ3n) is 5.36. The Morgan fingerprint density at radius 2 is 1.69 bits per heavy atom. The van der Waals surface area contributed by atoms with E-state index in [1.807, 2.05) is 19.9 Å². The molecule has 2 heterocycles. The Kier molecular flexibility index (Phi) is 13.1. The molecule has 0 atom stereocenters. The number of nitrogens with zero attached hydrogens (tertiary/aromatic N) is 3. The first-order chi connectivity index (χ1) is 16.9. The van der Waals surface area contributed by atoms with Gasteiger partial charge in [0.25, 0.3) is 0 Å². The molecule has 2 aromatic rings. The van der Waals surface area contributed by atoms with Crippen molar-refractivity contribution in [1.82, 2.24) is 19.9 Å². The highest BCUT2D eigenvalue weighted by Gasteiger charge is 2.45. The summed E-state index contributed by atoms with van der Waals surface area (Å²) in [5.74, 6) is -5.33. The monoisotopic (exact) mass is 529 g/mol. The Morgan fingerprint density at radius 1 is 1.11 bits per heavy atom. The molecule has 0 aliphatic heterocycles. The minimum atomic E-state index is -3.67. The smallest absolute Gasteiger partial charge is 0.352 e. The van der Waals surface area contributed by atoms with Crippen molar-refractivity contribution in [3.05, 3.63) is 29.7 Å². The summed E-state index contributed by atoms with van der Waals surface area (Å²) in [5, 5.41) is 6.91. The van der Waals surface area contributed by atoms with Crippen molar-refractivity contribution in [1.29, 1.82) is 0 Å². The number of nitrogens with one attached hydrogen (secondary N) is 1. The molecule has 0 spiro atoms. The zero-order valence-corrected chi connectivity index (χ0v) is 20.4. The van der Waals surface area contributed by atoms with E-state index in [9.17, 15) is 35.5 Å². The minimum absolute atomic E-state index is 0.118. The van der Waals surface area contributed by atoms with Gasteiger partial charge >= 0.3 is 6.68 Å². The average molecular weight is 530 g/mol. The number of alkyl halides is 7. The van der Waals surface area contributed by atoms with Gasteiger partial charge in [-0.2, -0.15) is 18.3 Å². The van der Waals surface area contributed by atoms with Crippen molar-refractivity contribution >= 4 is 11.6 Å². The van der Waals surface area contributed by atoms with Gasteiger partial charge in [-0.05, 0) is 30.4 Å². The Bertz CT molecular complexity index is 905. The largest absolute Gasteiger partial charge is 0.379 e. The van der Waals surface area contributed by atoms with Gasteiger partial charge in [-0.25, -0.2) is 27.1 Å². The van der Waals surface area contributed by atoms with Gasteiger partial charge < -0.3 is 11.1 Å². The summed E-state index contributed by atoms with van der Waals surface area (Å²) in [6.45, 7) is 0.970. The molecule has 36 heavy (non-hydrogen) atoms. The van der Waals surface area contributed by atoms with Crippen molar-refractivity contribution in [2.45, 2.75) is 96.8 Å². The molecule has 206 valence electrons. The maximum atomic E-state index is 12.7. The maximum Gasteiger partial charge on any atom is 0.379 e. The standard InChI is InChI=1S/C14H17F2N5O.C6H10F2.C2H6.CHF3/c15-14(16)3-9(4-14)2-13(22)18-6-10-1-12-20-11(5-17)8-21(12)19-7-10;7-6(8)4-2-1-3-5-6;1-2;2-1(3)4/h1,7-9H,2-6,17H2,(H,18,22);1-5H2;1-2H3;1H. The first-order valence-corrected chi connectivity index (χ1v) is 11.9. The van der Waals surface area contributed by atoms with Crippen molar-refractivity contribution in [3.8, 4) is 0 Å². The molecular formula is C23H34F7N5O. The van der Waals surface area contributed by atoms with E-state index in [-0.39, 0.29) is 43.9 Å². The van der Waals surface area contributed by atoms with Crippen LogP contribution in [0.5, 0.6) is 0 Å². The third-order valence-corrected chi connectivity index (χ3v) is 5.36. The SMILES string of the molecule is CC.FC(F)F.FC1(F)CCCCC1.NCc1cn2ncc(CNC(=O)CC3CC(F)(F)C3)cc2n1. The van der Waals surface area contributed by atoms with Crippen LogP contribution in [0.15, 0.2) is 18.5 Å². The lowest BCUT2D eigenvalue weighted by Crippen LogP contribution is -2.38. The van der Waals surface area contributed by atoms with Gasteiger partial charge in [0.15, 0.2) is 5.65 Å². The molecule has 13 heteroatoms. The molecule has 0 unspecified atom stereocenters. The number of carbonyl (C=O) groups is 1. The second kappa shape index (κ2) is 15.0. The van der Waals surface area contributed by atoms with Crippen LogP contribution in [0.4, 0.5) is 30.7 Å². The van der Waals surface area contributed by atoms with Crippen LogP contribution in [0.25, 0.3) is 5.65 Å². The highest BCUT2D eigenvalue weighted by molar-refractivity contribution is 5.76. The van der Waals surface area contributed by atoms with E-state index in [0.29, 0.717) is 31.6 Å². The van der Waals surface area contributed by atoms with Gasteiger partial charge in [-0.15, -0.1) is 0 Å². The zero-order valence-electron chi connectivity index (χ0n) is 20.4. The molecule has 1 amide bonds. The van der Waals surface area contributed by atoms with Gasteiger partial charge in [-0.1, -0.05) is 20.3 Å². The Morgan fingerprint density at radius 3 is 2.17 bits per heavy atom. The summed E-state index contributed by atoms with van der Waals surface area (Å²) in [6.07, 6.45) is 5.80. The van der Waals surface area contributed by atoms with Gasteiger partial charge in [0, 0.05) is 45.2 Å². The second-order valence-electron chi connectivity index (χ2n) is 8.38. The molecule has 0 aromatic carbocycles. The van der Waals surface area contributed by atoms with Crippen LogP contribution in [-0.4, -0.2) is 39.0 Å². The summed E-state index contributed by atoms with van der Waals surface area (Å²) < 4.78 is 80.4. The van der Waals surface area contributed by atoms with Crippen molar-refractivity contribution in [2.24, 2.45) is 11.7 Å². The Labute approximate surface area is 205 Å².